The number of halogens is 1. The van der Waals surface area contributed by atoms with Crippen molar-refractivity contribution in [2.45, 2.75) is 46.8 Å². The number of esters is 1. The average molecular weight is 627 g/mol. The Labute approximate surface area is 265 Å². The zero-order chi connectivity index (χ0) is 32.1. The SMILES string of the molecule is C=CCc1cc(/C=c2/sc3n(c2=O)[C@H](c2ccc(C)cc2)C(C(=O)OCC)=C(C)N=3)cc(OCC)c1OCc1ccc(F)cc1. The van der Waals surface area contributed by atoms with Gasteiger partial charge in [-0.15, -0.1) is 6.58 Å². The van der Waals surface area contributed by atoms with E-state index in [0.717, 1.165) is 27.8 Å². The van der Waals surface area contributed by atoms with E-state index >= 15 is 0 Å². The van der Waals surface area contributed by atoms with Gasteiger partial charge in [0.05, 0.1) is 35.1 Å². The summed E-state index contributed by atoms with van der Waals surface area (Å²) in [5.41, 5.74) is 4.83. The van der Waals surface area contributed by atoms with Crippen molar-refractivity contribution in [1.29, 1.82) is 0 Å². The van der Waals surface area contributed by atoms with Crippen molar-refractivity contribution in [1.82, 2.24) is 4.57 Å². The molecule has 1 aliphatic rings. The van der Waals surface area contributed by atoms with Crippen LogP contribution in [0.25, 0.3) is 6.08 Å². The second kappa shape index (κ2) is 13.9. The second-order valence-corrected chi connectivity index (χ2v) is 11.6. The predicted octanol–water partition coefficient (Wildman–Crippen LogP) is 5.95. The van der Waals surface area contributed by atoms with Gasteiger partial charge in [-0.3, -0.25) is 9.36 Å². The van der Waals surface area contributed by atoms with Gasteiger partial charge in [0.25, 0.3) is 5.56 Å². The third-order valence-corrected chi connectivity index (χ3v) is 8.31. The van der Waals surface area contributed by atoms with Gasteiger partial charge in [0.1, 0.15) is 12.4 Å². The molecule has 0 aliphatic carbocycles. The standard InChI is InChI=1S/C36H35FN2O5S/c1-6-9-27-18-25(19-29(42-7-2)33(27)44-21-24-12-16-28(37)17-13-24)20-30-34(40)39-32(26-14-10-22(4)11-15-26)31(35(41)43-8-3)23(5)38-36(39)45-30/h6,10-20,32H,1,7-9,21H2,2-5H3/b30-20+/t32-/m1/s1. The molecule has 0 saturated carbocycles. The minimum atomic E-state index is -0.680. The normalized spacial score (nSPS) is 14.5. The Morgan fingerprint density at radius 1 is 1.04 bits per heavy atom. The van der Waals surface area contributed by atoms with Crippen molar-refractivity contribution in [3.05, 3.63) is 138 Å². The van der Waals surface area contributed by atoms with Crippen LogP contribution in [0.2, 0.25) is 0 Å². The van der Waals surface area contributed by atoms with Gasteiger partial charge < -0.3 is 14.2 Å². The molecule has 5 rings (SSSR count). The Morgan fingerprint density at radius 3 is 2.44 bits per heavy atom. The van der Waals surface area contributed by atoms with Gasteiger partial charge in [-0.05, 0) is 81.1 Å². The van der Waals surface area contributed by atoms with Gasteiger partial charge in [0.2, 0.25) is 0 Å². The summed E-state index contributed by atoms with van der Waals surface area (Å²) in [6.45, 7) is 12.1. The molecule has 1 aliphatic heterocycles. The average Bonchev–Trinajstić information content (AvgIpc) is 3.31. The number of benzene rings is 3. The monoisotopic (exact) mass is 626 g/mol. The Kier molecular flexibility index (Phi) is 9.78. The number of thiazole rings is 1. The fourth-order valence-electron chi connectivity index (χ4n) is 5.24. The molecule has 9 heteroatoms. The summed E-state index contributed by atoms with van der Waals surface area (Å²) >= 11 is 1.26. The number of allylic oxidation sites excluding steroid dienone is 2. The fourth-order valence-corrected chi connectivity index (χ4v) is 6.29. The van der Waals surface area contributed by atoms with E-state index in [-0.39, 0.29) is 24.6 Å². The van der Waals surface area contributed by atoms with Crippen LogP contribution in [-0.2, 0) is 22.6 Å². The second-order valence-electron chi connectivity index (χ2n) is 10.6. The number of carbonyl (C=O) groups is 1. The van der Waals surface area contributed by atoms with Crippen molar-refractivity contribution in [3.63, 3.8) is 0 Å². The molecule has 1 atom stereocenters. The largest absolute Gasteiger partial charge is 0.490 e. The van der Waals surface area contributed by atoms with Gasteiger partial charge in [0.15, 0.2) is 16.3 Å². The molecule has 0 unspecified atom stereocenters. The van der Waals surface area contributed by atoms with E-state index in [9.17, 15) is 14.0 Å². The van der Waals surface area contributed by atoms with Crippen molar-refractivity contribution < 1.29 is 23.4 Å². The first-order valence-corrected chi connectivity index (χ1v) is 15.6. The van der Waals surface area contributed by atoms with Crippen LogP contribution in [0.15, 0.2) is 94.4 Å². The number of ether oxygens (including phenoxy) is 3. The van der Waals surface area contributed by atoms with Gasteiger partial charge >= 0.3 is 5.97 Å². The highest BCUT2D eigenvalue weighted by Crippen LogP contribution is 2.35. The number of hydrogen-bond donors (Lipinski definition) is 0. The highest BCUT2D eigenvalue weighted by molar-refractivity contribution is 7.07. The molecule has 0 N–H and O–H groups in total. The van der Waals surface area contributed by atoms with Crippen LogP contribution in [0.5, 0.6) is 11.5 Å². The third-order valence-electron chi connectivity index (χ3n) is 7.32. The molecule has 4 aromatic rings. The van der Waals surface area contributed by atoms with E-state index in [1.807, 2.05) is 50.2 Å². The maximum absolute atomic E-state index is 14.1. The van der Waals surface area contributed by atoms with Gasteiger partial charge in [-0.25, -0.2) is 14.2 Å². The van der Waals surface area contributed by atoms with Crippen LogP contribution < -0.4 is 24.4 Å². The molecule has 1 aromatic heterocycles. The summed E-state index contributed by atoms with van der Waals surface area (Å²) in [7, 11) is 0. The lowest BCUT2D eigenvalue weighted by Gasteiger charge is -2.24. The molecule has 0 amide bonds. The number of hydrogen-bond acceptors (Lipinski definition) is 7. The quantitative estimate of drug-likeness (QED) is 0.152. The van der Waals surface area contributed by atoms with Crippen LogP contribution in [0, 0.1) is 12.7 Å². The fraction of sp³-hybridized carbons (Fsp3) is 0.250. The van der Waals surface area contributed by atoms with E-state index in [4.69, 9.17) is 14.2 Å². The minimum absolute atomic E-state index is 0.208. The predicted molar refractivity (Wildman–Crippen MR) is 174 cm³/mol. The lowest BCUT2D eigenvalue weighted by Crippen LogP contribution is -2.39. The summed E-state index contributed by atoms with van der Waals surface area (Å²) in [6, 6.07) is 17.0. The highest BCUT2D eigenvalue weighted by atomic mass is 32.1. The Hall–Kier alpha value is -4.76. The molecule has 7 nitrogen and oxygen atoms in total. The molecule has 0 spiro atoms. The van der Waals surface area contributed by atoms with E-state index in [0.29, 0.717) is 45.1 Å². The van der Waals surface area contributed by atoms with Gasteiger partial charge in [-0.2, -0.15) is 0 Å². The topological polar surface area (TPSA) is 79.1 Å². The molecule has 0 saturated heterocycles. The molecule has 0 fully saturated rings. The van der Waals surface area contributed by atoms with E-state index in [2.05, 4.69) is 11.6 Å². The number of carbonyl (C=O) groups excluding carboxylic acids is 1. The van der Waals surface area contributed by atoms with Crippen LogP contribution >= 0.6 is 11.3 Å². The number of aromatic nitrogens is 1. The number of nitrogens with zero attached hydrogens (tertiary/aromatic N) is 2. The maximum Gasteiger partial charge on any atom is 0.338 e. The summed E-state index contributed by atoms with van der Waals surface area (Å²) in [6.07, 6.45) is 4.07. The van der Waals surface area contributed by atoms with Crippen molar-refractivity contribution in [2.75, 3.05) is 13.2 Å². The summed E-state index contributed by atoms with van der Waals surface area (Å²) in [5, 5.41) is 0. The number of fused-ring (bicyclic) bond motifs is 1. The Balaban J connectivity index is 1.62. The maximum atomic E-state index is 14.1. The zero-order valence-corrected chi connectivity index (χ0v) is 26.6. The minimum Gasteiger partial charge on any atom is -0.490 e. The van der Waals surface area contributed by atoms with Gasteiger partial charge in [-0.1, -0.05) is 59.4 Å². The molecule has 0 radical (unpaired) electrons. The van der Waals surface area contributed by atoms with Crippen LogP contribution in [0.1, 0.15) is 54.6 Å². The van der Waals surface area contributed by atoms with E-state index in [1.54, 1.807) is 42.7 Å². The van der Waals surface area contributed by atoms with Crippen LogP contribution in [-0.4, -0.2) is 23.8 Å². The summed E-state index contributed by atoms with van der Waals surface area (Å²) < 4.78 is 33.0. The van der Waals surface area contributed by atoms with Crippen molar-refractivity contribution in [2.24, 2.45) is 4.99 Å². The molecule has 232 valence electrons. The van der Waals surface area contributed by atoms with Crippen LogP contribution in [0.3, 0.4) is 0 Å². The molecule has 2 heterocycles. The smallest absolute Gasteiger partial charge is 0.338 e. The first-order valence-electron chi connectivity index (χ1n) is 14.8. The Morgan fingerprint density at radius 2 is 1.78 bits per heavy atom. The summed E-state index contributed by atoms with van der Waals surface area (Å²) in [4.78, 5) is 32.4. The summed E-state index contributed by atoms with van der Waals surface area (Å²) in [5.74, 6) is 0.281. The lowest BCUT2D eigenvalue weighted by atomic mass is 9.95. The zero-order valence-electron chi connectivity index (χ0n) is 25.8. The number of rotatable bonds is 11. The first kappa shape index (κ1) is 31.7. The van der Waals surface area contributed by atoms with Crippen LogP contribution in [0.4, 0.5) is 4.39 Å². The molecule has 45 heavy (non-hydrogen) atoms. The Bertz CT molecular complexity index is 1940. The molecular formula is C36H35FN2O5S. The third kappa shape index (κ3) is 6.83. The van der Waals surface area contributed by atoms with Crippen molar-refractivity contribution >= 4 is 23.4 Å². The number of aryl methyl sites for hydroxylation is 1. The van der Waals surface area contributed by atoms with E-state index in [1.165, 1.54) is 23.5 Å². The van der Waals surface area contributed by atoms with Crippen molar-refractivity contribution in [3.8, 4) is 11.5 Å². The molecular weight excluding hydrogens is 591 g/mol. The lowest BCUT2D eigenvalue weighted by molar-refractivity contribution is -0.139. The van der Waals surface area contributed by atoms with Gasteiger partial charge in [0, 0.05) is 5.56 Å². The molecule has 0 bridgehead atoms. The first-order chi connectivity index (χ1) is 21.7. The molecule has 3 aromatic carbocycles. The highest BCUT2D eigenvalue weighted by Gasteiger charge is 2.33. The van der Waals surface area contributed by atoms with E-state index < -0.39 is 12.0 Å².